The second-order valence-corrected chi connectivity index (χ2v) is 3.84. The van der Waals surface area contributed by atoms with Gasteiger partial charge < -0.3 is 10.4 Å². The molecule has 5 heteroatoms. The molecule has 1 aromatic carbocycles. The molecule has 0 saturated carbocycles. The van der Waals surface area contributed by atoms with Crippen LogP contribution in [0.25, 0.3) is 0 Å². The van der Waals surface area contributed by atoms with Crippen LogP contribution >= 0.6 is 0 Å². The number of hydrogen-bond donors (Lipinski definition) is 2. The van der Waals surface area contributed by atoms with Gasteiger partial charge in [0, 0.05) is 11.9 Å². The molecule has 0 amide bonds. The topological polar surface area (TPSA) is 62.2 Å². The van der Waals surface area contributed by atoms with E-state index >= 15 is 0 Å². The summed E-state index contributed by atoms with van der Waals surface area (Å²) < 4.78 is 13.6. The van der Waals surface area contributed by atoms with Crippen LogP contribution in [0.2, 0.25) is 0 Å². The van der Waals surface area contributed by atoms with Gasteiger partial charge >= 0.3 is 5.97 Å². The first-order valence-electron chi connectivity index (χ1n) is 5.29. The minimum absolute atomic E-state index is 0.0903. The van der Waals surface area contributed by atoms with Gasteiger partial charge in [-0.2, -0.15) is 0 Å². The highest BCUT2D eigenvalue weighted by Crippen LogP contribution is 2.20. The van der Waals surface area contributed by atoms with Crippen LogP contribution in [0.3, 0.4) is 0 Å². The Morgan fingerprint density at radius 2 is 2.11 bits per heavy atom. The lowest BCUT2D eigenvalue weighted by atomic mass is 10.2. The maximum atomic E-state index is 13.6. The fourth-order valence-corrected chi connectivity index (χ4v) is 1.50. The van der Waals surface area contributed by atoms with E-state index in [0.717, 1.165) is 5.56 Å². The SMILES string of the molecule is Cc1ccc(Nc2ccnc(C(=O)O)c2)c(F)c1. The van der Waals surface area contributed by atoms with E-state index in [-0.39, 0.29) is 11.5 Å². The summed E-state index contributed by atoms with van der Waals surface area (Å²) in [7, 11) is 0. The molecule has 0 atom stereocenters. The summed E-state index contributed by atoms with van der Waals surface area (Å²) in [6, 6.07) is 7.70. The summed E-state index contributed by atoms with van der Waals surface area (Å²) in [6.45, 7) is 1.79. The number of aromatic carboxylic acids is 1. The van der Waals surface area contributed by atoms with Gasteiger partial charge in [0.05, 0.1) is 5.69 Å². The molecule has 0 aliphatic heterocycles. The number of nitrogens with zero attached hydrogens (tertiary/aromatic N) is 1. The normalized spacial score (nSPS) is 10.1. The molecule has 4 nitrogen and oxygen atoms in total. The van der Waals surface area contributed by atoms with Crippen molar-refractivity contribution in [2.45, 2.75) is 6.92 Å². The molecule has 0 spiro atoms. The Kier molecular flexibility index (Phi) is 3.23. The van der Waals surface area contributed by atoms with Crippen molar-refractivity contribution >= 4 is 17.3 Å². The number of nitrogens with one attached hydrogen (secondary N) is 1. The average Bonchev–Trinajstić information content (AvgIpc) is 2.33. The third-order valence-corrected chi connectivity index (χ3v) is 2.38. The number of carboxylic acid groups (broad SMARTS) is 1. The third kappa shape index (κ3) is 2.63. The highest BCUT2D eigenvalue weighted by molar-refractivity contribution is 5.86. The number of aromatic nitrogens is 1. The zero-order chi connectivity index (χ0) is 13.1. The number of anilines is 2. The lowest BCUT2D eigenvalue weighted by Gasteiger charge is -2.08. The van der Waals surface area contributed by atoms with Gasteiger partial charge in [-0.25, -0.2) is 14.2 Å². The number of carbonyl (C=O) groups is 1. The lowest BCUT2D eigenvalue weighted by Crippen LogP contribution is -2.01. The van der Waals surface area contributed by atoms with E-state index in [9.17, 15) is 9.18 Å². The molecule has 92 valence electrons. The Bertz CT molecular complexity index is 599. The van der Waals surface area contributed by atoms with Crippen LogP contribution in [-0.4, -0.2) is 16.1 Å². The molecular weight excluding hydrogens is 235 g/mol. The van der Waals surface area contributed by atoms with Crippen molar-refractivity contribution in [1.82, 2.24) is 4.98 Å². The van der Waals surface area contributed by atoms with Crippen molar-refractivity contribution < 1.29 is 14.3 Å². The lowest BCUT2D eigenvalue weighted by molar-refractivity contribution is 0.0690. The largest absolute Gasteiger partial charge is 0.477 e. The van der Waals surface area contributed by atoms with Crippen molar-refractivity contribution in [1.29, 1.82) is 0 Å². The van der Waals surface area contributed by atoms with Crippen LogP contribution in [0.15, 0.2) is 36.5 Å². The summed E-state index contributed by atoms with van der Waals surface area (Å²) >= 11 is 0. The summed E-state index contributed by atoms with van der Waals surface area (Å²) in [5.41, 5.74) is 1.50. The Labute approximate surface area is 103 Å². The van der Waals surface area contributed by atoms with Gasteiger partial charge in [-0.15, -0.1) is 0 Å². The summed E-state index contributed by atoms with van der Waals surface area (Å²) in [5, 5.41) is 11.6. The zero-order valence-electron chi connectivity index (χ0n) is 9.64. The van der Waals surface area contributed by atoms with E-state index in [2.05, 4.69) is 10.3 Å². The summed E-state index contributed by atoms with van der Waals surface area (Å²) in [6.07, 6.45) is 1.36. The Morgan fingerprint density at radius 1 is 1.33 bits per heavy atom. The van der Waals surface area contributed by atoms with Gasteiger partial charge in [-0.1, -0.05) is 6.07 Å². The molecule has 2 aromatic rings. The van der Waals surface area contributed by atoms with Gasteiger partial charge in [-0.05, 0) is 36.8 Å². The number of benzene rings is 1. The van der Waals surface area contributed by atoms with Crippen molar-refractivity contribution in [3.8, 4) is 0 Å². The first-order valence-corrected chi connectivity index (χ1v) is 5.29. The number of rotatable bonds is 3. The minimum Gasteiger partial charge on any atom is -0.477 e. The third-order valence-electron chi connectivity index (χ3n) is 2.38. The average molecular weight is 246 g/mol. The van der Waals surface area contributed by atoms with Crippen LogP contribution < -0.4 is 5.32 Å². The first-order chi connectivity index (χ1) is 8.56. The highest BCUT2D eigenvalue weighted by Gasteiger charge is 2.07. The molecule has 2 N–H and O–H groups in total. The van der Waals surface area contributed by atoms with Crippen LogP contribution in [0.4, 0.5) is 15.8 Å². The Balaban J connectivity index is 2.28. The standard InChI is InChI=1S/C13H11FN2O2/c1-8-2-3-11(10(14)6-8)16-9-4-5-15-12(7-9)13(17)18/h2-7H,1H3,(H,15,16)(H,17,18). The predicted molar refractivity (Wildman–Crippen MR) is 65.6 cm³/mol. The van der Waals surface area contributed by atoms with Crippen LogP contribution in [0, 0.1) is 12.7 Å². The van der Waals surface area contributed by atoms with Crippen molar-refractivity contribution in [2.24, 2.45) is 0 Å². The van der Waals surface area contributed by atoms with Gasteiger partial charge in [0.25, 0.3) is 0 Å². The molecule has 2 rings (SSSR count). The first kappa shape index (κ1) is 12.0. The fraction of sp³-hybridized carbons (Fsp3) is 0.0769. The Hall–Kier alpha value is -2.43. The molecular formula is C13H11FN2O2. The van der Waals surface area contributed by atoms with Gasteiger partial charge in [-0.3, -0.25) is 0 Å². The van der Waals surface area contributed by atoms with Crippen LogP contribution in [-0.2, 0) is 0 Å². The van der Waals surface area contributed by atoms with Gasteiger partial charge in [0.1, 0.15) is 11.5 Å². The molecule has 0 bridgehead atoms. The molecule has 0 radical (unpaired) electrons. The van der Waals surface area contributed by atoms with Crippen LogP contribution in [0.1, 0.15) is 16.1 Å². The second kappa shape index (κ2) is 4.83. The number of aryl methyl sites for hydroxylation is 1. The van der Waals surface area contributed by atoms with Crippen molar-refractivity contribution in [3.63, 3.8) is 0 Å². The Morgan fingerprint density at radius 3 is 2.78 bits per heavy atom. The van der Waals surface area contributed by atoms with Gasteiger partial charge in [0.15, 0.2) is 0 Å². The fourth-order valence-electron chi connectivity index (χ4n) is 1.50. The van der Waals surface area contributed by atoms with Crippen LogP contribution in [0.5, 0.6) is 0 Å². The quantitative estimate of drug-likeness (QED) is 0.874. The van der Waals surface area contributed by atoms with Crippen molar-refractivity contribution in [3.05, 3.63) is 53.6 Å². The number of pyridine rings is 1. The second-order valence-electron chi connectivity index (χ2n) is 3.84. The van der Waals surface area contributed by atoms with E-state index in [0.29, 0.717) is 11.4 Å². The zero-order valence-corrected chi connectivity index (χ0v) is 9.64. The molecule has 0 unspecified atom stereocenters. The number of carboxylic acids is 1. The number of hydrogen-bond acceptors (Lipinski definition) is 3. The molecule has 0 aliphatic rings. The van der Waals surface area contributed by atoms with E-state index in [1.54, 1.807) is 25.1 Å². The van der Waals surface area contributed by atoms with E-state index < -0.39 is 5.97 Å². The number of halogens is 1. The molecule has 18 heavy (non-hydrogen) atoms. The smallest absolute Gasteiger partial charge is 0.354 e. The minimum atomic E-state index is -1.12. The molecule has 1 aromatic heterocycles. The summed E-state index contributed by atoms with van der Waals surface area (Å²) in [5.74, 6) is -1.51. The maximum Gasteiger partial charge on any atom is 0.354 e. The van der Waals surface area contributed by atoms with Gasteiger partial charge in [0.2, 0.25) is 0 Å². The highest BCUT2D eigenvalue weighted by atomic mass is 19.1. The maximum absolute atomic E-state index is 13.6. The van der Waals surface area contributed by atoms with E-state index in [1.807, 2.05) is 0 Å². The van der Waals surface area contributed by atoms with E-state index in [1.165, 1.54) is 18.3 Å². The molecule has 0 fully saturated rings. The van der Waals surface area contributed by atoms with E-state index in [4.69, 9.17) is 5.11 Å². The molecule has 0 saturated heterocycles. The molecule has 0 aliphatic carbocycles. The predicted octanol–water partition coefficient (Wildman–Crippen LogP) is 2.97. The van der Waals surface area contributed by atoms with Crippen molar-refractivity contribution in [2.75, 3.05) is 5.32 Å². The molecule has 1 heterocycles. The monoisotopic (exact) mass is 246 g/mol. The summed E-state index contributed by atoms with van der Waals surface area (Å²) in [4.78, 5) is 14.4.